The minimum atomic E-state index is -1.02. The second-order valence-electron chi connectivity index (χ2n) is 3.18. The van der Waals surface area contributed by atoms with Crippen LogP contribution in [0.1, 0.15) is 17.6 Å². The van der Waals surface area contributed by atoms with Gasteiger partial charge >= 0.3 is 0 Å². The molecule has 7 heteroatoms. The van der Waals surface area contributed by atoms with E-state index in [1.165, 1.54) is 20.4 Å². The van der Waals surface area contributed by atoms with Gasteiger partial charge in [0.2, 0.25) is 11.8 Å². The number of rotatable bonds is 4. The zero-order valence-corrected chi connectivity index (χ0v) is 9.41. The number of aromatic amines is 1. The summed E-state index contributed by atoms with van der Waals surface area (Å²) in [5, 5.41) is 10.0. The average molecular weight is 236 g/mol. The van der Waals surface area contributed by atoms with Gasteiger partial charge in [-0.2, -0.15) is 4.98 Å². The highest BCUT2D eigenvalue weighted by Gasteiger charge is 2.21. The Morgan fingerprint density at radius 3 is 2.71 bits per heavy atom. The molecule has 0 radical (unpaired) electrons. The van der Waals surface area contributed by atoms with Gasteiger partial charge in [-0.25, -0.2) is 9.97 Å². The van der Waals surface area contributed by atoms with Crippen LogP contribution in [0.15, 0.2) is 18.6 Å². The monoisotopic (exact) mass is 236 g/mol. The SMILES string of the molecule is COc1cnc(C(O)c2ncc[nH]2)c(OC)n1. The van der Waals surface area contributed by atoms with Gasteiger partial charge < -0.3 is 19.6 Å². The third-order valence-electron chi connectivity index (χ3n) is 2.18. The smallest absolute Gasteiger partial charge is 0.241 e. The normalized spacial score (nSPS) is 12.2. The van der Waals surface area contributed by atoms with Gasteiger partial charge in [0.05, 0.1) is 20.4 Å². The molecule has 0 aromatic carbocycles. The van der Waals surface area contributed by atoms with Gasteiger partial charge in [0.25, 0.3) is 0 Å². The molecule has 1 atom stereocenters. The molecule has 2 rings (SSSR count). The van der Waals surface area contributed by atoms with Crippen molar-refractivity contribution >= 4 is 0 Å². The maximum absolute atomic E-state index is 10.0. The Kier molecular flexibility index (Phi) is 3.20. The zero-order chi connectivity index (χ0) is 12.3. The number of aromatic nitrogens is 4. The maximum Gasteiger partial charge on any atom is 0.241 e. The Balaban J connectivity index is 2.38. The molecule has 2 aromatic rings. The Labute approximate surface area is 97.5 Å². The molecule has 0 aliphatic heterocycles. The van der Waals surface area contributed by atoms with E-state index in [1.54, 1.807) is 12.4 Å². The number of nitrogens with zero attached hydrogens (tertiary/aromatic N) is 3. The first kappa shape index (κ1) is 11.3. The molecule has 90 valence electrons. The number of hydrogen-bond donors (Lipinski definition) is 2. The van der Waals surface area contributed by atoms with Crippen molar-refractivity contribution in [1.29, 1.82) is 0 Å². The van der Waals surface area contributed by atoms with Gasteiger partial charge in [0.1, 0.15) is 11.5 Å². The van der Waals surface area contributed by atoms with Crippen LogP contribution < -0.4 is 9.47 Å². The predicted molar refractivity (Wildman–Crippen MR) is 57.8 cm³/mol. The topological polar surface area (TPSA) is 93.2 Å². The minimum Gasteiger partial charge on any atom is -0.480 e. The van der Waals surface area contributed by atoms with Gasteiger partial charge in [-0.3, -0.25) is 0 Å². The summed E-state index contributed by atoms with van der Waals surface area (Å²) in [6.07, 6.45) is 3.55. The van der Waals surface area contributed by atoms with Crippen molar-refractivity contribution in [2.24, 2.45) is 0 Å². The van der Waals surface area contributed by atoms with Gasteiger partial charge in [0.15, 0.2) is 6.10 Å². The fourth-order valence-electron chi connectivity index (χ4n) is 1.36. The molecular formula is C10H12N4O3. The first-order chi connectivity index (χ1) is 8.26. The van der Waals surface area contributed by atoms with E-state index >= 15 is 0 Å². The van der Waals surface area contributed by atoms with Gasteiger partial charge in [-0.05, 0) is 0 Å². The van der Waals surface area contributed by atoms with E-state index in [2.05, 4.69) is 19.9 Å². The van der Waals surface area contributed by atoms with Crippen LogP contribution in [-0.4, -0.2) is 39.3 Å². The molecule has 2 aromatic heterocycles. The van der Waals surface area contributed by atoms with Crippen molar-refractivity contribution < 1.29 is 14.6 Å². The van der Waals surface area contributed by atoms with Crippen LogP contribution in [0.3, 0.4) is 0 Å². The number of H-pyrrole nitrogens is 1. The molecule has 0 amide bonds. The van der Waals surface area contributed by atoms with Crippen LogP contribution in [-0.2, 0) is 0 Å². The summed E-state index contributed by atoms with van der Waals surface area (Å²) in [7, 11) is 2.92. The van der Waals surface area contributed by atoms with Gasteiger partial charge in [0, 0.05) is 12.4 Å². The zero-order valence-electron chi connectivity index (χ0n) is 9.41. The lowest BCUT2D eigenvalue weighted by Gasteiger charge is -2.11. The molecule has 0 saturated carbocycles. The highest BCUT2D eigenvalue weighted by molar-refractivity contribution is 5.27. The fraction of sp³-hybridized carbons (Fsp3) is 0.300. The largest absolute Gasteiger partial charge is 0.480 e. The fourth-order valence-corrected chi connectivity index (χ4v) is 1.36. The number of hydrogen-bond acceptors (Lipinski definition) is 6. The lowest BCUT2D eigenvalue weighted by atomic mass is 10.2. The highest BCUT2D eigenvalue weighted by Crippen LogP contribution is 2.25. The molecule has 0 aliphatic carbocycles. The maximum atomic E-state index is 10.0. The summed E-state index contributed by atoms with van der Waals surface area (Å²) in [5.74, 6) is 0.897. The number of ether oxygens (including phenoxy) is 2. The number of nitrogens with one attached hydrogen (secondary N) is 1. The quantitative estimate of drug-likeness (QED) is 0.793. The first-order valence-corrected chi connectivity index (χ1v) is 4.88. The number of aliphatic hydroxyl groups excluding tert-OH is 1. The summed E-state index contributed by atoms with van der Waals surface area (Å²) < 4.78 is 9.98. The standard InChI is InChI=1S/C10H12N4O3/c1-16-6-5-13-7(10(14-6)17-2)8(15)9-11-3-4-12-9/h3-5,8,15H,1-2H3,(H,11,12). The van der Waals surface area contributed by atoms with Crippen molar-refractivity contribution in [2.45, 2.75) is 6.10 Å². The van der Waals surface area contributed by atoms with Crippen LogP contribution in [0.5, 0.6) is 11.8 Å². The van der Waals surface area contributed by atoms with Crippen molar-refractivity contribution in [3.05, 3.63) is 30.1 Å². The number of methoxy groups -OCH3 is 2. The molecule has 17 heavy (non-hydrogen) atoms. The molecule has 7 nitrogen and oxygen atoms in total. The molecule has 2 N–H and O–H groups in total. The predicted octanol–water partition coefficient (Wildman–Crippen LogP) is 0.299. The Morgan fingerprint density at radius 2 is 2.12 bits per heavy atom. The van der Waals surface area contributed by atoms with E-state index in [0.29, 0.717) is 11.7 Å². The van der Waals surface area contributed by atoms with E-state index in [9.17, 15) is 5.11 Å². The molecule has 0 spiro atoms. The van der Waals surface area contributed by atoms with E-state index in [4.69, 9.17) is 9.47 Å². The third kappa shape index (κ3) is 2.18. The summed E-state index contributed by atoms with van der Waals surface area (Å²) in [5.41, 5.74) is 0.281. The summed E-state index contributed by atoms with van der Waals surface area (Å²) in [4.78, 5) is 14.8. The molecule has 1 unspecified atom stereocenters. The van der Waals surface area contributed by atoms with Crippen LogP contribution in [0.4, 0.5) is 0 Å². The first-order valence-electron chi connectivity index (χ1n) is 4.88. The lowest BCUT2D eigenvalue weighted by Crippen LogP contribution is -2.08. The number of aliphatic hydroxyl groups is 1. The Bertz CT molecular complexity index is 486. The Hall–Kier alpha value is -2.15. The molecule has 0 aliphatic rings. The van der Waals surface area contributed by atoms with Crippen molar-refractivity contribution in [3.63, 3.8) is 0 Å². The summed E-state index contributed by atoms with van der Waals surface area (Å²) >= 11 is 0. The third-order valence-corrected chi connectivity index (χ3v) is 2.18. The molecule has 0 bridgehead atoms. The molecule has 0 saturated heterocycles. The lowest BCUT2D eigenvalue weighted by molar-refractivity contribution is 0.198. The Morgan fingerprint density at radius 1 is 1.29 bits per heavy atom. The van der Waals surface area contributed by atoms with Crippen LogP contribution in [0.25, 0.3) is 0 Å². The van der Waals surface area contributed by atoms with E-state index in [0.717, 1.165) is 0 Å². The second kappa shape index (κ2) is 4.79. The van der Waals surface area contributed by atoms with Crippen molar-refractivity contribution in [3.8, 4) is 11.8 Å². The van der Waals surface area contributed by atoms with Crippen molar-refractivity contribution in [2.75, 3.05) is 14.2 Å². The molecule has 0 fully saturated rings. The molecule has 2 heterocycles. The minimum absolute atomic E-state index is 0.202. The highest BCUT2D eigenvalue weighted by atomic mass is 16.5. The van der Waals surface area contributed by atoms with Crippen LogP contribution in [0, 0.1) is 0 Å². The van der Waals surface area contributed by atoms with Crippen molar-refractivity contribution in [1.82, 2.24) is 19.9 Å². The van der Waals surface area contributed by atoms with E-state index in [-0.39, 0.29) is 11.6 Å². The van der Waals surface area contributed by atoms with Crippen LogP contribution in [0.2, 0.25) is 0 Å². The summed E-state index contributed by atoms with van der Waals surface area (Å²) in [6.45, 7) is 0. The number of imidazole rings is 1. The van der Waals surface area contributed by atoms with Crippen LogP contribution >= 0.6 is 0 Å². The van der Waals surface area contributed by atoms with Gasteiger partial charge in [-0.15, -0.1) is 0 Å². The second-order valence-corrected chi connectivity index (χ2v) is 3.18. The van der Waals surface area contributed by atoms with E-state index < -0.39 is 6.10 Å². The average Bonchev–Trinajstić information content (AvgIpc) is 2.91. The summed E-state index contributed by atoms with van der Waals surface area (Å²) in [6, 6.07) is 0. The van der Waals surface area contributed by atoms with E-state index in [1.807, 2.05) is 0 Å². The van der Waals surface area contributed by atoms with Gasteiger partial charge in [-0.1, -0.05) is 0 Å². The molecular weight excluding hydrogens is 224 g/mol.